The summed E-state index contributed by atoms with van der Waals surface area (Å²) in [7, 11) is 0. The third-order valence-corrected chi connectivity index (χ3v) is 2.54. The quantitative estimate of drug-likeness (QED) is 0.806. The molecule has 0 aromatic carbocycles. The van der Waals surface area contributed by atoms with Crippen molar-refractivity contribution in [1.29, 1.82) is 0 Å². The second kappa shape index (κ2) is 6.45. The molecule has 0 bridgehead atoms. The van der Waals surface area contributed by atoms with Crippen LogP contribution in [0.5, 0.6) is 0 Å². The first-order valence-electron chi connectivity index (χ1n) is 6.00. The lowest BCUT2D eigenvalue weighted by Gasteiger charge is -2.06. The first-order valence-corrected chi connectivity index (χ1v) is 6.00. The maximum atomic E-state index is 12.1. The van der Waals surface area contributed by atoms with Crippen molar-refractivity contribution >= 4 is 11.7 Å². The van der Waals surface area contributed by atoms with Crippen LogP contribution in [0.25, 0.3) is 0 Å². The molecule has 2 aromatic rings. The summed E-state index contributed by atoms with van der Waals surface area (Å²) < 4.78 is 0. The van der Waals surface area contributed by atoms with Gasteiger partial charge >= 0.3 is 0 Å². The van der Waals surface area contributed by atoms with Crippen LogP contribution < -0.4 is 5.32 Å². The summed E-state index contributed by atoms with van der Waals surface area (Å²) in [6, 6.07) is 8.52. The number of carbonyl (C=O) groups excluding carboxylic acids is 1. The lowest BCUT2D eigenvalue weighted by molar-refractivity contribution is 0.102. The molecule has 5 heteroatoms. The highest BCUT2D eigenvalue weighted by atomic mass is 16.2. The fourth-order valence-electron chi connectivity index (χ4n) is 1.61. The van der Waals surface area contributed by atoms with Gasteiger partial charge in [-0.15, -0.1) is 0 Å². The van der Waals surface area contributed by atoms with E-state index >= 15 is 0 Å². The molecule has 2 rings (SSSR count). The highest BCUT2D eigenvalue weighted by Gasteiger charge is 2.09. The van der Waals surface area contributed by atoms with Gasteiger partial charge in [-0.25, -0.2) is 4.98 Å². The van der Waals surface area contributed by atoms with E-state index in [1.54, 1.807) is 43.5 Å². The number of nitrogens with one attached hydrogen (secondary N) is 1. The molecule has 2 heterocycles. The van der Waals surface area contributed by atoms with Crippen molar-refractivity contribution in [2.75, 3.05) is 11.9 Å². The molecule has 0 aliphatic heterocycles. The van der Waals surface area contributed by atoms with Gasteiger partial charge in [0.2, 0.25) is 0 Å². The zero-order valence-electron chi connectivity index (χ0n) is 10.9. The minimum absolute atomic E-state index is 0.229. The molecule has 0 saturated carbocycles. The molecule has 2 N–H and O–H groups in total. The summed E-state index contributed by atoms with van der Waals surface area (Å²) in [6.07, 6.45) is 1.63. The zero-order chi connectivity index (χ0) is 14.4. The third-order valence-electron chi connectivity index (χ3n) is 2.54. The van der Waals surface area contributed by atoms with Crippen LogP contribution in [0, 0.1) is 18.8 Å². The lowest BCUT2D eigenvalue weighted by Crippen LogP contribution is -2.15. The average molecular weight is 267 g/mol. The van der Waals surface area contributed by atoms with E-state index < -0.39 is 0 Å². The number of aromatic nitrogens is 2. The van der Waals surface area contributed by atoms with Gasteiger partial charge in [-0.2, -0.15) is 0 Å². The number of rotatable bonds is 2. The second-order valence-electron chi connectivity index (χ2n) is 3.96. The molecule has 0 aliphatic carbocycles. The van der Waals surface area contributed by atoms with Gasteiger partial charge in [0, 0.05) is 11.9 Å². The first-order chi connectivity index (χ1) is 9.70. The van der Waals surface area contributed by atoms with Crippen molar-refractivity contribution in [2.24, 2.45) is 0 Å². The Morgan fingerprint density at radius 2 is 2.20 bits per heavy atom. The van der Waals surface area contributed by atoms with Crippen molar-refractivity contribution in [2.45, 2.75) is 6.92 Å². The summed E-state index contributed by atoms with van der Waals surface area (Å²) in [5.41, 5.74) is 1.64. The standard InChI is InChI=1S/C15H13N3O2/c1-11-13(7-3-9-16-11)15(20)18-14-8-2-5-12(17-14)6-4-10-19/h2-3,5,7-9,19H,10H2,1H3,(H,17,18,20). The molecular formula is C15H13N3O2. The summed E-state index contributed by atoms with van der Waals surface area (Å²) in [5.74, 6) is 5.33. The molecule has 2 aromatic heterocycles. The molecular weight excluding hydrogens is 254 g/mol. The van der Waals surface area contributed by atoms with Crippen molar-refractivity contribution in [1.82, 2.24) is 9.97 Å². The number of hydrogen-bond donors (Lipinski definition) is 2. The van der Waals surface area contributed by atoms with Gasteiger partial charge in [0.1, 0.15) is 18.1 Å². The van der Waals surface area contributed by atoms with Crippen LogP contribution in [0.3, 0.4) is 0 Å². The zero-order valence-corrected chi connectivity index (χ0v) is 10.9. The number of anilines is 1. The Bertz CT molecular complexity index is 687. The summed E-state index contributed by atoms with van der Waals surface area (Å²) in [6.45, 7) is 1.54. The Morgan fingerprint density at radius 1 is 1.35 bits per heavy atom. The highest BCUT2D eigenvalue weighted by Crippen LogP contribution is 2.09. The predicted octanol–water partition coefficient (Wildman–Crippen LogP) is 1.38. The lowest BCUT2D eigenvalue weighted by atomic mass is 10.2. The molecule has 0 atom stereocenters. The van der Waals surface area contributed by atoms with E-state index in [1.165, 1.54) is 0 Å². The topological polar surface area (TPSA) is 75.1 Å². The van der Waals surface area contributed by atoms with Gasteiger partial charge in [0.15, 0.2) is 0 Å². The molecule has 0 saturated heterocycles. The summed E-state index contributed by atoms with van der Waals surface area (Å²) in [5, 5.41) is 11.3. The largest absolute Gasteiger partial charge is 0.384 e. The van der Waals surface area contributed by atoms with Gasteiger partial charge in [-0.05, 0) is 37.1 Å². The van der Waals surface area contributed by atoms with Gasteiger partial charge in [-0.3, -0.25) is 9.78 Å². The Morgan fingerprint density at radius 3 is 2.95 bits per heavy atom. The normalized spacial score (nSPS) is 9.50. The van der Waals surface area contributed by atoms with Crippen LogP contribution in [0.2, 0.25) is 0 Å². The number of aliphatic hydroxyl groups is 1. The SMILES string of the molecule is Cc1ncccc1C(=O)Nc1cccc(C#CCO)n1. The van der Waals surface area contributed by atoms with E-state index in [9.17, 15) is 4.79 Å². The molecule has 20 heavy (non-hydrogen) atoms. The minimum Gasteiger partial charge on any atom is -0.384 e. The van der Waals surface area contributed by atoms with Crippen LogP contribution in [0.15, 0.2) is 36.5 Å². The Labute approximate surface area is 116 Å². The van der Waals surface area contributed by atoms with Gasteiger partial charge < -0.3 is 10.4 Å². The molecule has 100 valence electrons. The van der Waals surface area contributed by atoms with E-state index in [-0.39, 0.29) is 12.5 Å². The maximum absolute atomic E-state index is 12.1. The van der Waals surface area contributed by atoms with E-state index in [0.29, 0.717) is 22.8 Å². The van der Waals surface area contributed by atoms with E-state index in [2.05, 4.69) is 27.1 Å². The Balaban J connectivity index is 2.18. The number of carbonyl (C=O) groups is 1. The molecule has 0 radical (unpaired) electrons. The Hall–Kier alpha value is -2.71. The summed E-state index contributed by atoms with van der Waals surface area (Å²) >= 11 is 0. The number of pyridine rings is 2. The number of aryl methyl sites for hydroxylation is 1. The van der Waals surface area contributed by atoms with Crippen molar-refractivity contribution in [3.63, 3.8) is 0 Å². The van der Waals surface area contributed by atoms with Crippen LogP contribution in [-0.2, 0) is 0 Å². The molecule has 0 spiro atoms. The van der Waals surface area contributed by atoms with Crippen molar-refractivity contribution < 1.29 is 9.90 Å². The molecule has 1 amide bonds. The number of nitrogens with zero attached hydrogens (tertiary/aromatic N) is 2. The average Bonchev–Trinajstić information content (AvgIpc) is 2.46. The van der Waals surface area contributed by atoms with E-state index in [0.717, 1.165) is 0 Å². The highest BCUT2D eigenvalue weighted by molar-refractivity contribution is 6.04. The fraction of sp³-hybridized carbons (Fsp3) is 0.133. The van der Waals surface area contributed by atoms with Gasteiger partial charge in [0.05, 0.1) is 5.56 Å². The minimum atomic E-state index is -0.268. The number of aliphatic hydroxyl groups excluding tert-OH is 1. The van der Waals surface area contributed by atoms with Crippen LogP contribution >= 0.6 is 0 Å². The second-order valence-corrected chi connectivity index (χ2v) is 3.96. The smallest absolute Gasteiger partial charge is 0.258 e. The van der Waals surface area contributed by atoms with Crippen LogP contribution in [-0.4, -0.2) is 27.6 Å². The molecule has 0 unspecified atom stereocenters. The van der Waals surface area contributed by atoms with Crippen LogP contribution in [0.1, 0.15) is 21.7 Å². The van der Waals surface area contributed by atoms with Crippen molar-refractivity contribution in [3.05, 3.63) is 53.5 Å². The van der Waals surface area contributed by atoms with Crippen LogP contribution in [0.4, 0.5) is 5.82 Å². The molecule has 0 aliphatic rings. The number of amides is 1. The van der Waals surface area contributed by atoms with Gasteiger partial charge in [0.25, 0.3) is 5.91 Å². The van der Waals surface area contributed by atoms with E-state index in [1.807, 2.05) is 0 Å². The molecule has 0 fully saturated rings. The van der Waals surface area contributed by atoms with E-state index in [4.69, 9.17) is 5.11 Å². The predicted molar refractivity (Wildman–Crippen MR) is 75.1 cm³/mol. The van der Waals surface area contributed by atoms with Gasteiger partial charge in [-0.1, -0.05) is 12.0 Å². The summed E-state index contributed by atoms with van der Waals surface area (Å²) in [4.78, 5) is 20.3. The third kappa shape index (κ3) is 3.40. The first kappa shape index (κ1) is 13.7. The Kier molecular flexibility index (Phi) is 4.43. The number of hydrogen-bond acceptors (Lipinski definition) is 4. The monoisotopic (exact) mass is 267 g/mol. The maximum Gasteiger partial charge on any atom is 0.258 e. The fourth-order valence-corrected chi connectivity index (χ4v) is 1.61. The molecule has 5 nitrogen and oxygen atoms in total. The van der Waals surface area contributed by atoms with Crippen molar-refractivity contribution in [3.8, 4) is 11.8 Å².